The first-order valence-corrected chi connectivity index (χ1v) is 5.93. The molecule has 0 aromatic rings. The fourth-order valence-corrected chi connectivity index (χ4v) is 2.37. The van der Waals surface area contributed by atoms with E-state index in [9.17, 15) is 9.50 Å². The lowest BCUT2D eigenvalue weighted by Crippen LogP contribution is -2.34. The Labute approximate surface area is 92.5 Å². The minimum Gasteiger partial charge on any atom is -0.393 e. The number of aliphatic hydroxyl groups is 1. The molecule has 2 unspecified atom stereocenters. The van der Waals surface area contributed by atoms with Gasteiger partial charge >= 0.3 is 0 Å². The van der Waals surface area contributed by atoms with Crippen molar-refractivity contribution in [1.29, 1.82) is 0 Å². The van der Waals surface area contributed by atoms with E-state index in [0.29, 0.717) is 6.42 Å². The van der Waals surface area contributed by atoms with Gasteiger partial charge in [0.2, 0.25) is 0 Å². The molecule has 0 bridgehead atoms. The second-order valence-corrected chi connectivity index (χ2v) is 5.66. The van der Waals surface area contributed by atoms with Crippen LogP contribution in [0.1, 0.15) is 40.0 Å². The van der Waals surface area contributed by atoms with Crippen molar-refractivity contribution < 1.29 is 9.50 Å². The molecule has 0 aromatic carbocycles. The van der Waals surface area contributed by atoms with E-state index < -0.39 is 6.17 Å². The van der Waals surface area contributed by atoms with Gasteiger partial charge in [0, 0.05) is 19.6 Å². The summed E-state index contributed by atoms with van der Waals surface area (Å²) >= 11 is 0. The summed E-state index contributed by atoms with van der Waals surface area (Å²) in [5.41, 5.74) is 0.148. The highest BCUT2D eigenvalue weighted by atomic mass is 19.1. The summed E-state index contributed by atoms with van der Waals surface area (Å²) in [6.07, 6.45) is 1.37. The van der Waals surface area contributed by atoms with Crippen molar-refractivity contribution in [3.8, 4) is 0 Å². The monoisotopic (exact) mass is 217 g/mol. The summed E-state index contributed by atoms with van der Waals surface area (Å²) in [4.78, 5) is 2.28. The third kappa shape index (κ3) is 4.94. The average Bonchev–Trinajstić information content (AvgIpc) is 2.20. The lowest BCUT2D eigenvalue weighted by atomic mass is 9.87. The van der Waals surface area contributed by atoms with Crippen molar-refractivity contribution >= 4 is 0 Å². The first-order chi connectivity index (χ1) is 6.89. The SMILES string of the molecule is CC(F)CCN1CCC(O)CC(C)(C)C1. The molecule has 0 saturated carbocycles. The molecule has 0 aromatic heterocycles. The van der Waals surface area contributed by atoms with Crippen molar-refractivity contribution in [2.45, 2.75) is 52.3 Å². The first kappa shape index (κ1) is 12.9. The molecule has 0 radical (unpaired) electrons. The van der Waals surface area contributed by atoms with Gasteiger partial charge in [-0.3, -0.25) is 0 Å². The minimum absolute atomic E-state index is 0.148. The number of rotatable bonds is 3. The van der Waals surface area contributed by atoms with Crippen LogP contribution in [0.2, 0.25) is 0 Å². The maximum absolute atomic E-state index is 12.8. The predicted molar refractivity (Wildman–Crippen MR) is 60.6 cm³/mol. The number of halogens is 1. The van der Waals surface area contributed by atoms with E-state index >= 15 is 0 Å². The average molecular weight is 217 g/mol. The van der Waals surface area contributed by atoms with E-state index in [-0.39, 0.29) is 11.5 Å². The molecule has 1 rings (SSSR count). The van der Waals surface area contributed by atoms with Gasteiger partial charge in [-0.1, -0.05) is 13.8 Å². The molecule has 90 valence electrons. The second-order valence-electron chi connectivity index (χ2n) is 5.66. The molecule has 2 atom stereocenters. The number of alkyl halides is 1. The van der Waals surface area contributed by atoms with Crippen molar-refractivity contribution in [2.75, 3.05) is 19.6 Å². The van der Waals surface area contributed by atoms with Gasteiger partial charge in [0.05, 0.1) is 12.3 Å². The first-order valence-electron chi connectivity index (χ1n) is 5.93. The normalized spacial score (nSPS) is 29.8. The largest absolute Gasteiger partial charge is 0.393 e. The molecule has 1 fully saturated rings. The number of hydrogen-bond donors (Lipinski definition) is 1. The Morgan fingerprint density at radius 1 is 1.53 bits per heavy atom. The standard InChI is InChI=1S/C12H24FNO/c1-10(13)4-6-14-7-5-11(15)8-12(2,3)9-14/h10-11,15H,4-9H2,1-3H3. The zero-order valence-electron chi connectivity index (χ0n) is 10.2. The van der Waals surface area contributed by atoms with Gasteiger partial charge in [-0.05, 0) is 31.6 Å². The lowest BCUT2D eigenvalue weighted by molar-refractivity contribution is 0.121. The molecule has 0 amide bonds. The zero-order chi connectivity index (χ0) is 11.5. The number of aliphatic hydroxyl groups excluding tert-OH is 1. The van der Waals surface area contributed by atoms with Crippen LogP contribution in [-0.4, -0.2) is 41.9 Å². The topological polar surface area (TPSA) is 23.5 Å². The van der Waals surface area contributed by atoms with Crippen LogP contribution in [0.25, 0.3) is 0 Å². The molecular formula is C12H24FNO. The molecule has 1 heterocycles. The summed E-state index contributed by atoms with van der Waals surface area (Å²) in [6.45, 7) is 8.64. The molecular weight excluding hydrogens is 193 g/mol. The van der Waals surface area contributed by atoms with Crippen LogP contribution in [0, 0.1) is 5.41 Å². The van der Waals surface area contributed by atoms with Gasteiger partial charge in [0.25, 0.3) is 0 Å². The molecule has 3 heteroatoms. The third-order valence-electron chi connectivity index (χ3n) is 3.06. The molecule has 15 heavy (non-hydrogen) atoms. The quantitative estimate of drug-likeness (QED) is 0.783. The number of hydrogen-bond acceptors (Lipinski definition) is 2. The van der Waals surface area contributed by atoms with Gasteiger partial charge < -0.3 is 10.0 Å². The van der Waals surface area contributed by atoms with Crippen LogP contribution in [0.4, 0.5) is 4.39 Å². The maximum Gasteiger partial charge on any atom is 0.0985 e. The molecule has 1 N–H and O–H groups in total. The van der Waals surface area contributed by atoms with E-state index in [1.807, 2.05) is 0 Å². The molecule has 1 saturated heterocycles. The Hall–Kier alpha value is -0.150. The summed E-state index contributed by atoms with van der Waals surface area (Å²) < 4.78 is 12.8. The zero-order valence-corrected chi connectivity index (χ0v) is 10.2. The van der Waals surface area contributed by atoms with Gasteiger partial charge in [0.15, 0.2) is 0 Å². The fourth-order valence-electron chi connectivity index (χ4n) is 2.37. The van der Waals surface area contributed by atoms with Crippen LogP contribution >= 0.6 is 0 Å². The molecule has 1 aliphatic heterocycles. The van der Waals surface area contributed by atoms with Gasteiger partial charge in [-0.2, -0.15) is 0 Å². The van der Waals surface area contributed by atoms with E-state index in [0.717, 1.165) is 32.5 Å². The van der Waals surface area contributed by atoms with E-state index in [1.165, 1.54) is 0 Å². The molecule has 0 aliphatic carbocycles. The second kappa shape index (κ2) is 5.26. The smallest absolute Gasteiger partial charge is 0.0985 e. The number of nitrogens with zero attached hydrogens (tertiary/aromatic N) is 1. The molecule has 1 aliphatic rings. The highest BCUT2D eigenvalue weighted by Crippen LogP contribution is 2.28. The van der Waals surface area contributed by atoms with Crippen LogP contribution < -0.4 is 0 Å². The Bertz CT molecular complexity index is 194. The summed E-state index contributed by atoms with van der Waals surface area (Å²) in [5.74, 6) is 0. The predicted octanol–water partition coefficient (Wildman–Crippen LogP) is 2.22. The molecule has 2 nitrogen and oxygen atoms in total. The van der Waals surface area contributed by atoms with Crippen LogP contribution in [-0.2, 0) is 0 Å². The van der Waals surface area contributed by atoms with Crippen LogP contribution in [0.3, 0.4) is 0 Å². The Morgan fingerprint density at radius 3 is 2.80 bits per heavy atom. The van der Waals surface area contributed by atoms with E-state index in [4.69, 9.17) is 0 Å². The lowest BCUT2D eigenvalue weighted by Gasteiger charge is -2.29. The van der Waals surface area contributed by atoms with Crippen molar-refractivity contribution in [2.24, 2.45) is 5.41 Å². The fraction of sp³-hybridized carbons (Fsp3) is 1.00. The van der Waals surface area contributed by atoms with Crippen LogP contribution in [0.5, 0.6) is 0 Å². The Balaban J connectivity index is 2.44. The maximum atomic E-state index is 12.8. The van der Waals surface area contributed by atoms with Crippen LogP contribution in [0.15, 0.2) is 0 Å². The Kier molecular flexibility index (Phi) is 4.53. The van der Waals surface area contributed by atoms with E-state index in [1.54, 1.807) is 6.92 Å². The summed E-state index contributed by atoms with van der Waals surface area (Å²) in [6, 6.07) is 0. The van der Waals surface area contributed by atoms with Gasteiger partial charge in [-0.25, -0.2) is 4.39 Å². The third-order valence-corrected chi connectivity index (χ3v) is 3.06. The highest BCUT2D eigenvalue weighted by Gasteiger charge is 2.28. The Morgan fingerprint density at radius 2 is 2.20 bits per heavy atom. The van der Waals surface area contributed by atoms with E-state index in [2.05, 4.69) is 18.7 Å². The minimum atomic E-state index is -0.721. The summed E-state index contributed by atoms with van der Waals surface area (Å²) in [7, 11) is 0. The van der Waals surface area contributed by atoms with Gasteiger partial charge in [0.1, 0.15) is 0 Å². The highest BCUT2D eigenvalue weighted by molar-refractivity contribution is 4.82. The van der Waals surface area contributed by atoms with Crippen molar-refractivity contribution in [3.63, 3.8) is 0 Å². The molecule has 0 spiro atoms. The van der Waals surface area contributed by atoms with Crippen molar-refractivity contribution in [1.82, 2.24) is 4.90 Å². The van der Waals surface area contributed by atoms with Crippen molar-refractivity contribution in [3.05, 3.63) is 0 Å². The number of likely N-dealkylation sites (tertiary alicyclic amines) is 1. The van der Waals surface area contributed by atoms with Gasteiger partial charge in [-0.15, -0.1) is 0 Å². The summed E-state index contributed by atoms with van der Waals surface area (Å²) in [5, 5.41) is 9.72.